The Kier molecular flexibility index (Phi) is 6.81. The Balaban J connectivity index is 0.000000411. The van der Waals surface area contributed by atoms with E-state index in [0.29, 0.717) is 5.57 Å². The second kappa shape index (κ2) is 7.84. The van der Waals surface area contributed by atoms with Crippen molar-refractivity contribution < 1.29 is 19.8 Å². The molecule has 4 nitrogen and oxygen atoms in total. The van der Waals surface area contributed by atoms with Crippen molar-refractivity contribution in [2.45, 2.75) is 13.8 Å². The van der Waals surface area contributed by atoms with Gasteiger partial charge >= 0.3 is 5.97 Å². The molecule has 4 heteroatoms. The van der Waals surface area contributed by atoms with E-state index in [1.165, 1.54) is 6.92 Å². The van der Waals surface area contributed by atoms with Crippen LogP contribution in [0.3, 0.4) is 0 Å². The van der Waals surface area contributed by atoms with Gasteiger partial charge in [-0.05, 0) is 31.1 Å². The van der Waals surface area contributed by atoms with Crippen molar-refractivity contribution in [1.82, 2.24) is 0 Å². The zero-order chi connectivity index (χ0) is 14.1. The summed E-state index contributed by atoms with van der Waals surface area (Å²) >= 11 is 0. The summed E-state index contributed by atoms with van der Waals surface area (Å²) in [7, 11) is 0. The van der Waals surface area contributed by atoms with Crippen LogP contribution in [0.1, 0.15) is 19.4 Å². The number of aliphatic carboxylic acids is 2. The Hall–Kier alpha value is -2.36. The lowest BCUT2D eigenvalue weighted by Gasteiger charge is -1.93. The summed E-state index contributed by atoms with van der Waals surface area (Å²) < 4.78 is 0. The van der Waals surface area contributed by atoms with E-state index in [2.05, 4.69) is 6.58 Å². The van der Waals surface area contributed by atoms with Gasteiger partial charge in [-0.1, -0.05) is 36.9 Å². The number of hydrogen-bond donors (Lipinski definition) is 1. The monoisotopic (exact) mass is 247 g/mol. The molecular weight excluding hydrogens is 232 g/mol. The first-order valence-electron chi connectivity index (χ1n) is 5.18. The number of benzene rings is 1. The highest BCUT2D eigenvalue weighted by Gasteiger charge is 1.98. The van der Waals surface area contributed by atoms with E-state index >= 15 is 0 Å². The van der Waals surface area contributed by atoms with E-state index in [1.807, 2.05) is 30.3 Å². The SMILES string of the molecule is C/C(=C\c1ccccc1)C(=O)O.C=C(C)C(=O)[O-]. The van der Waals surface area contributed by atoms with Crippen LogP contribution in [0.2, 0.25) is 0 Å². The van der Waals surface area contributed by atoms with E-state index in [9.17, 15) is 14.7 Å². The summed E-state index contributed by atoms with van der Waals surface area (Å²) in [6.45, 7) is 6.06. The molecule has 0 fully saturated rings. The molecule has 0 bridgehead atoms. The molecule has 0 saturated carbocycles. The molecule has 0 radical (unpaired) electrons. The molecule has 1 aromatic rings. The Bertz CT molecular complexity index is 446. The predicted octanol–water partition coefficient (Wildman–Crippen LogP) is 1.49. The quantitative estimate of drug-likeness (QED) is 0.821. The van der Waals surface area contributed by atoms with Crippen molar-refractivity contribution in [3.05, 3.63) is 53.6 Å². The number of carboxylic acid groups (broad SMARTS) is 2. The van der Waals surface area contributed by atoms with E-state index in [-0.39, 0.29) is 5.57 Å². The van der Waals surface area contributed by atoms with E-state index < -0.39 is 11.9 Å². The summed E-state index contributed by atoms with van der Waals surface area (Å²) in [4.78, 5) is 19.9. The number of carbonyl (C=O) groups excluding carboxylic acids is 1. The van der Waals surface area contributed by atoms with Crippen molar-refractivity contribution in [2.24, 2.45) is 0 Å². The molecule has 0 aliphatic rings. The van der Waals surface area contributed by atoms with Crippen LogP contribution in [0.15, 0.2) is 48.1 Å². The molecule has 0 unspecified atom stereocenters. The molecule has 0 aromatic heterocycles. The van der Waals surface area contributed by atoms with Crippen LogP contribution >= 0.6 is 0 Å². The number of carbonyl (C=O) groups is 2. The normalized spacial score (nSPS) is 10.0. The van der Waals surface area contributed by atoms with Gasteiger partial charge in [0.2, 0.25) is 0 Å². The fraction of sp³-hybridized carbons (Fsp3) is 0.143. The molecule has 18 heavy (non-hydrogen) atoms. The number of carboxylic acids is 2. The topological polar surface area (TPSA) is 77.4 Å². The zero-order valence-corrected chi connectivity index (χ0v) is 10.3. The Labute approximate surface area is 106 Å². The fourth-order valence-electron chi connectivity index (χ4n) is 0.861. The van der Waals surface area contributed by atoms with Crippen molar-refractivity contribution in [1.29, 1.82) is 0 Å². The van der Waals surface area contributed by atoms with E-state index in [4.69, 9.17) is 5.11 Å². The van der Waals surface area contributed by atoms with Crippen LogP contribution in [0.4, 0.5) is 0 Å². The molecule has 1 rings (SSSR count). The second-order valence-electron chi connectivity index (χ2n) is 3.61. The van der Waals surface area contributed by atoms with Crippen molar-refractivity contribution in [2.75, 3.05) is 0 Å². The molecule has 0 heterocycles. The third-order valence-electron chi connectivity index (χ3n) is 1.87. The highest BCUT2D eigenvalue weighted by atomic mass is 16.4. The Morgan fingerprint density at radius 1 is 1.22 bits per heavy atom. The molecule has 0 aliphatic carbocycles. The standard InChI is InChI=1S/C10H10O2.C4H6O2/c1-8(10(11)12)7-9-5-3-2-4-6-9;1-3(2)4(5)6/h2-7H,1H3,(H,11,12);1H2,2H3,(H,5,6)/p-1/b8-7+;. The van der Waals surface area contributed by atoms with Gasteiger partial charge in [-0.25, -0.2) is 4.79 Å². The summed E-state index contributed by atoms with van der Waals surface area (Å²) in [5, 5.41) is 18.1. The molecule has 0 saturated heterocycles. The lowest BCUT2D eigenvalue weighted by atomic mass is 10.1. The molecule has 1 aromatic carbocycles. The van der Waals surface area contributed by atoms with Crippen LogP contribution in [-0.2, 0) is 9.59 Å². The van der Waals surface area contributed by atoms with Crippen LogP contribution < -0.4 is 5.11 Å². The number of hydrogen-bond acceptors (Lipinski definition) is 3. The molecule has 0 atom stereocenters. The van der Waals surface area contributed by atoms with Gasteiger partial charge in [-0.2, -0.15) is 0 Å². The van der Waals surface area contributed by atoms with E-state index in [0.717, 1.165) is 5.56 Å². The van der Waals surface area contributed by atoms with Gasteiger partial charge in [0, 0.05) is 5.57 Å². The van der Waals surface area contributed by atoms with Crippen LogP contribution in [-0.4, -0.2) is 17.0 Å². The second-order valence-corrected chi connectivity index (χ2v) is 3.61. The maximum Gasteiger partial charge on any atom is 0.331 e. The van der Waals surface area contributed by atoms with Gasteiger partial charge in [0.15, 0.2) is 0 Å². The van der Waals surface area contributed by atoms with Crippen LogP contribution in [0.25, 0.3) is 6.08 Å². The summed E-state index contributed by atoms with van der Waals surface area (Å²) in [5.41, 5.74) is 1.33. The van der Waals surface area contributed by atoms with Crippen molar-refractivity contribution in [3.8, 4) is 0 Å². The molecule has 0 aliphatic heterocycles. The van der Waals surface area contributed by atoms with Gasteiger partial charge in [-0.15, -0.1) is 0 Å². The maximum atomic E-state index is 10.4. The van der Waals surface area contributed by atoms with Gasteiger partial charge in [-0.3, -0.25) is 0 Å². The van der Waals surface area contributed by atoms with Crippen LogP contribution in [0.5, 0.6) is 0 Å². The minimum absolute atomic E-state index is 0.0648. The van der Waals surface area contributed by atoms with Gasteiger partial charge in [0.25, 0.3) is 0 Å². The lowest BCUT2D eigenvalue weighted by molar-refractivity contribution is -0.299. The van der Waals surface area contributed by atoms with Gasteiger partial charge in [0.05, 0.1) is 5.97 Å². The average Bonchev–Trinajstić information content (AvgIpc) is 2.30. The molecule has 0 spiro atoms. The zero-order valence-electron chi connectivity index (χ0n) is 10.3. The summed E-state index contributed by atoms with van der Waals surface area (Å²) in [6.07, 6.45) is 1.64. The summed E-state index contributed by atoms with van der Waals surface area (Å²) in [6, 6.07) is 9.38. The highest BCUT2D eigenvalue weighted by Crippen LogP contribution is 2.05. The Morgan fingerprint density at radius 2 is 1.67 bits per heavy atom. The van der Waals surface area contributed by atoms with Crippen molar-refractivity contribution in [3.63, 3.8) is 0 Å². The van der Waals surface area contributed by atoms with E-state index in [1.54, 1.807) is 13.0 Å². The molecule has 1 N–H and O–H groups in total. The molecule has 96 valence electrons. The third-order valence-corrected chi connectivity index (χ3v) is 1.87. The first kappa shape index (κ1) is 15.6. The largest absolute Gasteiger partial charge is 0.545 e. The Morgan fingerprint density at radius 3 is 2.00 bits per heavy atom. The third kappa shape index (κ3) is 7.00. The fourth-order valence-corrected chi connectivity index (χ4v) is 0.861. The highest BCUT2D eigenvalue weighted by molar-refractivity contribution is 5.91. The van der Waals surface area contributed by atoms with Gasteiger partial charge < -0.3 is 15.0 Å². The maximum absolute atomic E-state index is 10.4. The first-order chi connectivity index (χ1) is 8.34. The average molecular weight is 247 g/mol. The number of rotatable bonds is 3. The molecule has 0 amide bonds. The molecular formula is C14H15O4-. The van der Waals surface area contributed by atoms with Crippen molar-refractivity contribution >= 4 is 18.0 Å². The van der Waals surface area contributed by atoms with Gasteiger partial charge in [0.1, 0.15) is 0 Å². The summed E-state index contributed by atoms with van der Waals surface area (Å²) in [5.74, 6) is -2.06. The minimum atomic E-state index is -1.19. The lowest BCUT2D eigenvalue weighted by Crippen LogP contribution is -2.22. The minimum Gasteiger partial charge on any atom is -0.545 e. The van der Waals surface area contributed by atoms with Crippen LogP contribution in [0, 0.1) is 0 Å². The first-order valence-corrected chi connectivity index (χ1v) is 5.18. The predicted molar refractivity (Wildman–Crippen MR) is 67.5 cm³/mol. The smallest absolute Gasteiger partial charge is 0.331 e.